The summed E-state index contributed by atoms with van der Waals surface area (Å²) < 4.78 is 26.9. The molecule has 0 atom stereocenters. The fourth-order valence-corrected chi connectivity index (χ4v) is 3.77. The first-order valence-electron chi connectivity index (χ1n) is 5.49. The molecule has 0 radical (unpaired) electrons. The summed E-state index contributed by atoms with van der Waals surface area (Å²) >= 11 is 11.6. The average molecular weight is 309 g/mol. The summed E-state index contributed by atoms with van der Waals surface area (Å²) in [5, 5.41) is 0.570. The zero-order valence-electron chi connectivity index (χ0n) is 9.88. The standard InChI is InChI=1S/C11H14Cl2N2O2S/c1-14(6-9-2-4-10(12)5-3-9)18(16,17)15-7-11(13)8-15/h2-5,11H,6-8H2,1H3. The van der Waals surface area contributed by atoms with E-state index in [2.05, 4.69) is 0 Å². The summed E-state index contributed by atoms with van der Waals surface area (Å²) in [6, 6.07) is 7.12. The van der Waals surface area contributed by atoms with Crippen molar-refractivity contribution in [1.29, 1.82) is 0 Å². The molecule has 1 aliphatic rings. The first-order valence-corrected chi connectivity index (χ1v) is 7.70. The van der Waals surface area contributed by atoms with Gasteiger partial charge in [-0.3, -0.25) is 0 Å². The molecule has 0 spiro atoms. The van der Waals surface area contributed by atoms with Crippen LogP contribution in [-0.2, 0) is 16.8 Å². The number of rotatable bonds is 4. The van der Waals surface area contributed by atoms with Crippen molar-refractivity contribution in [3.63, 3.8) is 0 Å². The van der Waals surface area contributed by atoms with Gasteiger partial charge in [0.25, 0.3) is 10.2 Å². The molecule has 1 heterocycles. The van der Waals surface area contributed by atoms with Gasteiger partial charge in [0, 0.05) is 31.7 Å². The van der Waals surface area contributed by atoms with Crippen molar-refractivity contribution >= 4 is 33.4 Å². The quantitative estimate of drug-likeness (QED) is 0.798. The normalized spacial score (nSPS) is 18.0. The van der Waals surface area contributed by atoms with Gasteiger partial charge in [0.1, 0.15) is 0 Å². The summed E-state index contributed by atoms with van der Waals surface area (Å²) in [5.74, 6) is 0. The molecule has 18 heavy (non-hydrogen) atoms. The van der Waals surface area contributed by atoms with Crippen LogP contribution in [0.1, 0.15) is 5.56 Å². The highest BCUT2D eigenvalue weighted by Crippen LogP contribution is 2.21. The summed E-state index contributed by atoms with van der Waals surface area (Å²) in [5.41, 5.74) is 0.897. The highest BCUT2D eigenvalue weighted by atomic mass is 35.5. The van der Waals surface area contributed by atoms with E-state index in [4.69, 9.17) is 23.2 Å². The molecule has 0 N–H and O–H groups in total. The maximum absolute atomic E-state index is 12.1. The van der Waals surface area contributed by atoms with E-state index in [1.807, 2.05) is 12.1 Å². The Morgan fingerprint density at radius 2 is 1.89 bits per heavy atom. The van der Waals surface area contributed by atoms with Gasteiger partial charge in [-0.2, -0.15) is 17.0 Å². The number of nitrogens with zero attached hydrogens (tertiary/aromatic N) is 2. The molecule has 1 aromatic carbocycles. The molecule has 1 fully saturated rings. The average Bonchev–Trinajstić information content (AvgIpc) is 2.28. The van der Waals surface area contributed by atoms with Crippen LogP contribution in [0.4, 0.5) is 0 Å². The summed E-state index contributed by atoms with van der Waals surface area (Å²) in [6.45, 7) is 1.09. The van der Waals surface area contributed by atoms with E-state index in [1.54, 1.807) is 19.2 Å². The van der Waals surface area contributed by atoms with Crippen LogP contribution < -0.4 is 0 Å². The molecule has 4 nitrogen and oxygen atoms in total. The largest absolute Gasteiger partial charge is 0.282 e. The number of benzene rings is 1. The molecule has 1 saturated heterocycles. The molecule has 0 bridgehead atoms. The second kappa shape index (κ2) is 5.35. The van der Waals surface area contributed by atoms with Gasteiger partial charge < -0.3 is 0 Å². The van der Waals surface area contributed by atoms with Crippen LogP contribution in [-0.4, -0.2) is 42.5 Å². The van der Waals surface area contributed by atoms with Crippen LogP contribution in [0.25, 0.3) is 0 Å². The predicted octanol–water partition coefficient (Wildman–Crippen LogP) is 1.94. The fraction of sp³-hybridized carbons (Fsp3) is 0.455. The van der Waals surface area contributed by atoms with E-state index in [9.17, 15) is 8.42 Å². The van der Waals surface area contributed by atoms with Crippen molar-refractivity contribution in [1.82, 2.24) is 8.61 Å². The monoisotopic (exact) mass is 308 g/mol. The molecule has 0 unspecified atom stereocenters. The van der Waals surface area contributed by atoms with Gasteiger partial charge in [0.2, 0.25) is 0 Å². The van der Waals surface area contributed by atoms with Gasteiger partial charge in [-0.25, -0.2) is 0 Å². The lowest BCUT2D eigenvalue weighted by Crippen LogP contribution is -2.54. The van der Waals surface area contributed by atoms with Crippen molar-refractivity contribution < 1.29 is 8.42 Å². The Morgan fingerprint density at radius 3 is 2.39 bits per heavy atom. The number of halogens is 2. The third-order valence-corrected chi connectivity index (χ3v) is 5.24. The Kier molecular flexibility index (Phi) is 4.18. The predicted molar refractivity (Wildman–Crippen MR) is 73.1 cm³/mol. The second-order valence-electron chi connectivity index (χ2n) is 4.30. The van der Waals surface area contributed by atoms with Crippen LogP contribution in [0, 0.1) is 0 Å². The third kappa shape index (κ3) is 2.97. The molecule has 1 aromatic rings. The summed E-state index contributed by atoms with van der Waals surface area (Å²) in [6.07, 6.45) is 0. The van der Waals surface area contributed by atoms with E-state index in [0.717, 1.165) is 5.56 Å². The molecule has 7 heteroatoms. The van der Waals surface area contributed by atoms with Crippen LogP contribution in [0.2, 0.25) is 5.02 Å². The van der Waals surface area contributed by atoms with Crippen molar-refractivity contribution in [2.24, 2.45) is 0 Å². The van der Waals surface area contributed by atoms with Gasteiger partial charge >= 0.3 is 0 Å². The number of hydrogen-bond donors (Lipinski definition) is 0. The lowest BCUT2D eigenvalue weighted by atomic mass is 10.2. The maximum atomic E-state index is 12.1. The Labute approximate surface area is 117 Å². The Hall–Kier alpha value is -0.330. The minimum Gasteiger partial charge on any atom is -0.195 e. The topological polar surface area (TPSA) is 40.6 Å². The SMILES string of the molecule is CN(Cc1ccc(Cl)cc1)S(=O)(=O)N1CC(Cl)C1. The van der Waals surface area contributed by atoms with Gasteiger partial charge in [0.05, 0.1) is 5.38 Å². The zero-order valence-corrected chi connectivity index (χ0v) is 12.2. The van der Waals surface area contributed by atoms with Gasteiger partial charge in [-0.05, 0) is 17.7 Å². The van der Waals surface area contributed by atoms with Crippen molar-refractivity contribution in [3.05, 3.63) is 34.9 Å². The molecule has 2 rings (SSSR count). The van der Waals surface area contributed by atoms with E-state index in [0.29, 0.717) is 24.7 Å². The van der Waals surface area contributed by atoms with E-state index in [-0.39, 0.29) is 5.38 Å². The lowest BCUT2D eigenvalue weighted by Gasteiger charge is -2.36. The summed E-state index contributed by atoms with van der Waals surface area (Å²) in [4.78, 5) is 0. The zero-order chi connectivity index (χ0) is 13.3. The van der Waals surface area contributed by atoms with E-state index < -0.39 is 10.2 Å². The smallest absolute Gasteiger partial charge is 0.195 e. The van der Waals surface area contributed by atoms with E-state index in [1.165, 1.54) is 8.61 Å². The lowest BCUT2D eigenvalue weighted by molar-refractivity contribution is 0.286. The summed E-state index contributed by atoms with van der Waals surface area (Å²) in [7, 11) is -1.83. The minimum atomic E-state index is -3.39. The first kappa shape index (κ1) is 14.1. The van der Waals surface area contributed by atoms with Crippen molar-refractivity contribution in [3.8, 4) is 0 Å². The van der Waals surface area contributed by atoms with Crippen molar-refractivity contribution in [2.45, 2.75) is 11.9 Å². The molecular formula is C11H14Cl2N2O2S. The van der Waals surface area contributed by atoms with Crippen molar-refractivity contribution in [2.75, 3.05) is 20.1 Å². The number of alkyl halides is 1. The Balaban J connectivity index is 2.03. The van der Waals surface area contributed by atoms with Gasteiger partial charge in [0.15, 0.2) is 0 Å². The molecule has 0 aliphatic carbocycles. The highest BCUT2D eigenvalue weighted by Gasteiger charge is 2.36. The maximum Gasteiger partial charge on any atom is 0.282 e. The first-order chi connectivity index (χ1) is 8.39. The molecule has 0 saturated carbocycles. The Bertz CT molecular complexity index is 512. The highest BCUT2D eigenvalue weighted by molar-refractivity contribution is 7.86. The molecule has 0 amide bonds. The van der Waals surface area contributed by atoms with Crippen LogP contribution in [0.5, 0.6) is 0 Å². The molecule has 100 valence electrons. The second-order valence-corrected chi connectivity index (χ2v) is 7.39. The molecular weight excluding hydrogens is 295 g/mol. The number of hydrogen-bond acceptors (Lipinski definition) is 2. The fourth-order valence-electron chi connectivity index (χ4n) is 1.70. The van der Waals surface area contributed by atoms with Crippen LogP contribution in [0.15, 0.2) is 24.3 Å². The van der Waals surface area contributed by atoms with Gasteiger partial charge in [-0.1, -0.05) is 23.7 Å². The minimum absolute atomic E-state index is 0.0660. The molecule has 0 aromatic heterocycles. The van der Waals surface area contributed by atoms with Gasteiger partial charge in [-0.15, -0.1) is 11.6 Å². The van der Waals surface area contributed by atoms with Crippen LogP contribution >= 0.6 is 23.2 Å². The Morgan fingerprint density at radius 1 is 1.33 bits per heavy atom. The van der Waals surface area contributed by atoms with Crippen LogP contribution in [0.3, 0.4) is 0 Å². The van der Waals surface area contributed by atoms with E-state index >= 15 is 0 Å². The third-order valence-electron chi connectivity index (χ3n) is 2.84. The molecule has 1 aliphatic heterocycles.